The Morgan fingerprint density at radius 3 is 2.30 bits per heavy atom. The van der Waals surface area contributed by atoms with Crippen molar-refractivity contribution in [1.29, 1.82) is 0 Å². The zero-order valence-corrected chi connectivity index (χ0v) is 20.7. The number of carbonyl (C=O) groups excluding carboxylic acids is 1. The van der Waals surface area contributed by atoms with Crippen LogP contribution in [0, 0.1) is 12.8 Å². The van der Waals surface area contributed by atoms with Gasteiger partial charge in [0.25, 0.3) is 5.56 Å². The maximum absolute atomic E-state index is 13.7. The van der Waals surface area contributed by atoms with Gasteiger partial charge in [-0.3, -0.25) is 14.2 Å². The summed E-state index contributed by atoms with van der Waals surface area (Å²) in [5.41, 5.74) is 2.47. The Hall–Kier alpha value is -2.95. The number of amides is 1. The van der Waals surface area contributed by atoms with E-state index < -0.39 is 0 Å². The first kappa shape index (κ1) is 24.7. The molecule has 3 rings (SSSR count). The summed E-state index contributed by atoms with van der Waals surface area (Å²) < 4.78 is 1.71. The third kappa shape index (κ3) is 5.18. The van der Waals surface area contributed by atoms with Gasteiger partial charge in [-0.05, 0) is 57.4 Å². The average Bonchev–Trinajstić information content (AvgIpc) is 2.83. The van der Waals surface area contributed by atoms with Crippen molar-refractivity contribution in [2.24, 2.45) is 5.92 Å². The van der Waals surface area contributed by atoms with E-state index in [1.165, 1.54) is 0 Å². The maximum Gasteiger partial charge on any atom is 0.266 e. The molecule has 0 aliphatic heterocycles. The monoisotopic (exact) mass is 447 g/mol. The summed E-state index contributed by atoms with van der Waals surface area (Å²) in [6.07, 6.45) is 4.52. The van der Waals surface area contributed by atoms with E-state index in [9.17, 15) is 9.59 Å². The number of rotatable bonds is 10. The Kier molecular flexibility index (Phi) is 8.43. The lowest BCUT2D eigenvalue weighted by Gasteiger charge is -2.34. The second-order valence-corrected chi connectivity index (χ2v) is 8.76. The lowest BCUT2D eigenvalue weighted by molar-refractivity contribution is -0.138. The quantitative estimate of drug-likeness (QED) is 0.371. The van der Waals surface area contributed by atoms with Crippen LogP contribution in [0.4, 0.5) is 0 Å². The highest BCUT2D eigenvalue weighted by molar-refractivity contribution is 5.80. The van der Waals surface area contributed by atoms with Crippen LogP contribution < -0.4 is 5.56 Å². The van der Waals surface area contributed by atoms with E-state index in [-0.39, 0.29) is 23.4 Å². The molecule has 0 spiro atoms. The molecule has 0 saturated carbocycles. The highest BCUT2D eigenvalue weighted by Gasteiger charge is 2.31. The number of aryl methyl sites for hydroxylation is 1. The van der Waals surface area contributed by atoms with Crippen LogP contribution in [-0.2, 0) is 4.79 Å². The molecular weight excluding hydrogens is 410 g/mol. The fourth-order valence-corrected chi connectivity index (χ4v) is 4.58. The molecule has 176 valence electrons. The minimum absolute atomic E-state index is 0.000969. The van der Waals surface area contributed by atoms with Crippen LogP contribution in [0.5, 0.6) is 0 Å². The summed E-state index contributed by atoms with van der Waals surface area (Å²) in [6.45, 7) is 10.9. The molecule has 2 aromatic carbocycles. The molecule has 33 heavy (non-hydrogen) atoms. The molecular formula is C28H37N3O2. The fourth-order valence-electron chi connectivity index (χ4n) is 4.58. The van der Waals surface area contributed by atoms with Gasteiger partial charge in [0.05, 0.1) is 22.6 Å². The fraction of sp³-hybridized carbons (Fsp3) is 0.464. The van der Waals surface area contributed by atoms with Crippen molar-refractivity contribution in [3.63, 3.8) is 0 Å². The maximum atomic E-state index is 13.7. The normalized spacial score (nSPS) is 13.1. The predicted octanol–water partition coefficient (Wildman–Crippen LogP) is 6.21. The van der Waals surface area contributed by atoms with E-state index >= 15 is 0 Å². The van der Waals surface area contributed by atoms with Gasteiger partial charge in [0.1, 0.15) is 5.82 Å². The zero-order chi connectivity index (χ0) is 24.0. The molecule has 1 aromatic heterocycles. The van der Waals surface area contributed by atoms with Crippen LogP contribution in [0.25, 0.3) is 16.6 Å². The summed E-state index contributed by atoms with van der Waals surface area (Å²) in [5.74, 6) is 0.794. The molecule has 0 fully saturated rings. The summed E-state index contributed by atoms with van der Waals surface area (Å²) in [5, 5.41) is 0.584. The molecule has 0 aliphatic rings. The van der Waals surface area contributed by atoms with Gasteiger partial charge in [-0.25, -0.2) is 4.98 Å². The van der Waals surface area contributed by atoms with Crippen LogP contribution >= 0.6 is 0 Å². The van der Waals surface area contributed by atoms with Crippen molar-refractivity contribution in [2.75, 3.05) is 6.54 Å². The van der Waals surface area contributed by atoms with Crippen LogP contribution in [0.15, 0.2) is 53.3 Å². The number of carbonyl (C=O) groups is 1. The van der Waals surface area contributed by atoms with Crippen molar-refractivity contribution in [2.45, 2.75) is 72.8 Å². The number of benzene rings is 2. The predicted molar refractivity (Wildman–Crippen MR) is 136 cm³/mol. The van der Waals surface area contributed by atoms with Crippen molar-refractivity contribution >= 4 is 16.8 Å². The molecule has 3 aromatic rings. The van der Waals surface area contributed by atoms with Crippen LogP contribution in [0.2, 0.25) is 0 Å². The van der Waals surface area contributed by atoms with Crippen molar-refractivity contribution in [1.82, 2.24) is 14.5 Å². The number of hydrogen-bond donors (Lipinski definition) is 0. The third-order valence-electron chi connectivity index (χ3n) is 6.53. The second kappa shape index (κ2) is 11.3. The number of unbranched alkanes of at least 4 members (excludes halogenated alkanes) is 1. The summed E-state index contributed by atoms with van der Waals surface area (Å²) in [4.78, 5) is 34.2. The van der Waals surface area contributed by atoms with Crippen molar-refractivity contribution in [3.05, 3.63) is 70.3 Å². The molecule has 2 atom stereocenters. The first-order valence-corrected chi connectivity index (χ1v) is 12.4. The van der Waals surface area contributed by atoms with E-state index in [0.29, 0.717) is 29.7 Å². The lowest BCUT2D eigenvalue weighted by atomic mass is 9.96. The van der Waals surface area contributed by atoms with Crippen LogP contribution in [0.1, 0.15) is 77.2 Å². The third-order valence-corrected chi connectivity index (χ3v) is 6.53. The van der Waals surface area contributed by atoms with Gasteiger partial charge >= 0.3 is 0 Å². The van der Waals surface area contributed by atoms with Gasteiger partial charge in [-0.15, -0.1) is 0 Å². The molecule has 0 radical (unpaired) electrons. The number of hydrogen-bond acceptors (Lipinski definition) is 3. The van der Waals surface area contributed by atoms with Crippen LogP contribution in [-0.4, -0.2) is 26.9 Å². The van der Waals surface area contributed by atoms with E-state index in [4.69, 9.17) is 4.98 Å². The molecule has 1 heterocycles. The van der Waals surface area contributed by atoms with E-state index in [1.54, 1.807) is 4.57 Å². The first-order valence-electron chi connectivity index (χ1n) is 12.4. The van der Waals surface area contributed by atoms with Gasteiger partial charge in [0.15, 0.2) is 0 Å². The van der Waals surface area contributed by atoms with E-state index in [2.05, 4.69) is 20.8 Å². The van der Waals surface area contributed by atoms with Crippen LogP contribution in [0.3, 0.4) is 0 Å². The molecule has 0 bridgehead atoms. The smallest absolute Gasteiger partial charge is 0.266 e. The first-order chi connectivity index (χ1) is 16.0. The van der Waals surface area contributed by atoms with Gasteiger partial charge < -0.3 is 4.90 Å². The number of nitrogens with zero attached hydrogens (tertiary/aromatic N) is 3. The molecule has 0 aliphatic carbocycles. The Morgan fingerprint density at radius 2 is 1.70 bits per heavy atom. The standard InChI is InChI=1S/C28H37N3O2/c1-6-10-13-21(7-2)27(32)30(9-4)25(8-3)26-29-24-15-12-11-14-23(24)28(33)31(26)22-18-16-20(5)17-19-22/h11-12,14-19,21,25H,6-10,13H2,1-5H3. The van der Waals surface area contributed by atoms with Crippen molar-refractivity contribution in [3.8, 4) is 5.69 Å². The molecule has 0 saturated heterocycles. The van der Waals surface area contributed by atoms with Gasteiger partial charge in [0.2, 0.25) is 5.91 Å². The van der Waals surface area contributed by atoms with Gasteiger partial charge in [0, 0.05) is 12.5 Å². The molecule has 1 amide bonds. The Bertz CT molecular complexity index is 1130. The highest BCUT2D eigenvalue weighted by atomic mass is 16.2. The van der Waals surface area contributed by atoms with E-state index in [1.807, 2.05) is 67.3 Å². The molecule has 5 heteroatoms. The summed E-state index contributed by atoms with van der Waals surface area (Å²) >= 11 is 0. The summed E-state index contributed by atoms with van der Waals surface area (Å²) in [6, 6.07) is 15.1. The largest absolute Gasteiger partial charge is 0.333 e. The molecule has 0 N–H and O–H groups in total. The molecule has 5 nitrogen and oxygen atoms in total. The SMILES string of the molecule is CCCCC(CC)C(=O)N(CC)C(CC)c1nc2ccccc2c(=O)n1-c1ccc(C)cc1. The number of para-hydroxylation sites is 1. The van der Waals surface area contributed by atoms with Gasteiger partial charge in [-0.2, -0.15) is 0 Å². The topological polar surface area (TPSA) is 55.2 Å². The summed E-state index contributed by atoms with van der Waals surface area (Å²) in [7, 11) is 0. The Labute approximate surface area is 197 Å². The van der Waals surface area contributed by atoms with E-state index in [0.717, 1.165) is 36.9 Å². The Morgan fingerprint density at radius 1 is 1.00 bits per heavy atom. The average molecular weight is 448 g/mol. The van der Waals surface area contributed by atoms with Crippen molar-refractivity contribution < 1.29 is 4.79 Å². The number of aromatic nitrogens is 2. The minimum atomic E-state index is -0.281. The highest BCUT2D eigenvalue weighted by Crippen LogP contribution is 2.29. The minimum Gasteiger partial charge on any atom is -0.333 e. The Balaban J connectivity index is 2.20. The van der Waals surface area contributed by atoms with Gasteiger partial charge in [-0.1, -0.05) is 63.4 Å². The molecule has 2 unspecified atom stereocenters. The number of fused-ring (bicyclic) bond motifs is 1. The lowest BCUT2D eigenvalue weighted by Crippen LogP contribution is -2.41. The zero-order valence-electron chi connectivity index (χ0n) is 20.7. The second-order valence-electron chi connectivity index (χ2n) is 8.76.